The molecule has 0 saturated heterocycles. The van der Waals surface area contributed by atoms with Crippen LogP contribution in [0.15, 0.2) is 48.8 Å². The van der Waals surface area contributed by atoms with Crippen molar-refractivity contribution in [2.75, 3.05) is 30.9 Å². The Labute approximate surface area is 211 Å². The third-order valence-corrected chi connectivity index (χ3v) is 5.94. The summed E-state index contributed by atoms with van der Waals surface area (Å²) in [5.74, 6) is -0.571. The summed E-state index contributed by atoms with van der Waals surface area (Å²) in [6.07, 6.45) is -1.12. The molecule has 37 heavy (non-hydrogen) atoms. The lowest BCUT2D eigenvalue weighted by molar-refractivity contribution is -0.137. The Balaban J connectivity index is 1.63. The van der Waals surface area contributed by atoms with Crippen molar-refractivity contribution in [3.63, 3.8) is 0 Å². The van der Waals surface area contributed by atoms with E-state index in [9.17, 15) is 18.0 Å². The summed E-state index contributed by atoms with van der Waals surface area (Å²) >= 11 is 0. The Hall–Kier alpha value is -4.19. The van der Waals surface area contributed by atoms with Crippen molar-refractivity contribution in [3.05, 3.63) is 71.2 Å². The third-order valence-electron chi connectivity index (χ3n) is 5.94. The van der Waals surface area contributed by atoms with Crippen LogP contribution < -0.4 is 10.6 Å². The normalized spacial score (nSPS) is 11.5. The number of carbonyl (C=O) groups is 1. The Morgan fingerprint density at radius 1 is 1.11 bits per heavy atom. The van der Waals surface area contributed by atoms with Gasteiger partial charge in [0.15, 0.2) is 0 Å². The number of rotatable bonds is 8. The number of aryl methyl sites for hydroxylation is 2. The van der Waals surface area contributed by atoms with Gasteiger partial charge in [0.05, 0.1) is 41.6 Å². The van der Waals surface area contributed by atoms with Crippen molar-refractivity contribution in [1.82, 2.24) is 24.8 Å². The molecule has 0 unspecified atom stereocenters. The van der Waals surface area contributed by atoms with Crippen molar-refractivity contribution in [2.24, 2.45) is 7.05 Å². The largest absolute Gasteiger partial charge is 0.416 e. The maximum atomic E-state index is 13.3. The second-order valence-electron chi connectivity index (χ2n) is 8.45. The van der Waals surface area contributed by atoms with Crippen molar-refractivity contribution < 1.29 is 22.7 Å². The molecule has 0 atom stereocenters. The maximum Gasteiger partial charge on any atom is 0.416 e. The summed E-state index contributed by atoms with van der Waals surface area (Å²) in [7, 11) is 3.35. The molecule has 0 aliphatic rings. The fourth-order valence-corrected chi connectivity index (χ4v) is 3.71. The van der Waals surface area contributed by atoms with Crippen LogP contribution in [0.2, 0.25) is 0 Å². The molecule has 0 bridgehead atoms. The number of anilines is 2. The average Bonchev–Trinajstić information content (AvgIpc) is 3.46. The first-order valence-corrected chi connectivity index (χ1v) is 11.4. The zero-order valence-electron chi connectivity index (χ0n) is 20.7. The van der Waals surface area contributed by atoms with E-state index in [4.69, 9.17) is 4.74 Å². The minimum atomic E-state index is -4.56. The van der Waals surface area contributed by atoms with E-state index in [0.717, 1.165) is 29.0 Å². The van der Waals surface area contributed by atoms with Gasteiger partial charge in [0.2, 0.25) is 0 Å². The van der Waals surface area contributed by atoms with Gasteiger partial charge in [-0.05, 0) is 49.7 Å². The van der Waals surface area contributed by atoms with Gasteiger partial charge >= 0.3 is 6.18 Å². The number of benzene rings is 2. The molecule has 1 amide bonds. The second kappa shape index (κ2) is 10.4. The molecule has 0 aliphatic heterocycles. The number of alkyl halides is 3. The van der Waals surface area contributed by atoms with Crippen molar-refractivity contribution in [3.8, 4) is 16.9 Å². The first-order valence-electron chi connectivity index (χ1n) is 11.4. The van der Waals surface area contributed by atoms with Gasteiger partial charge in [-0.2, -0.15) is 18.3 Å². The Morgan fingerprint density at radius 3 is 2.57 bits per heavy atom. The zero-order valence-corrected chi connectivity index (χ0v) is 20.7. The summed E-state index contributed by atoms with van der Waals surface area (Å²) in [6, 6.07) is 8.10. The molecule has 0 fully saturated rings. The van der Waals surface area contributed by atoms with Crippen LogP contribution in [0.5, 0.6) is 0 Å². The number of carbonyl (C=O) groups excluding carboxylic acids is 1. The van der Waals surface area contributed by atoms with E-state index in [2.05, 4.69) is 26.0 Å². The Bertz CT molecular complexity index is 1430. The van der Waals surface area contributed by atoms with Crippen molar-refractivity contribution in [1.29, 1.82) is 0 Å². The van der Waals surface area contributed by atoms with E-state index in [1.165, 1.54) is 13.2 Å². The lowest BCUT2D eigenvalue weighted by Crippen LogP contribution is -2.17. The van der Waals surface area contributed by atoms with E-state index >= 15 is 0 Å². The summed E-state index contributed by atoms with van der Waals surface area (Å²) in [4.78, 5) is 13.1. The smallest absolute Gasteiger partial charge is 0.383 e. The van der Waals surface area contributed by atoms with Gasteiger partial charge in [0, 0.05) is 37.5 Å². The Kier molecular flexibility index (Phi) is 7.30. The highest BCUT2D eigenvalue weighted by Crippen LogP contribution is 2.34. The minimum Gasteiger partial charge on any atom is -0.383 e. The minimum absolute atomic E-state index is 0.00754. The molecule has 2 aromatic heterocycles. The highest BCUT2D eigenvalue weighted by molar-refractivity contribution is 6.06. The number of methoxy groups -OCH3 is 1. The van der Waals surface area contributed by atoms with Gasteiger partial charge in [-0.25, -0.2) is 4.68 Å². The molecule has 2 heterocycles. The molecule has 9 nitrogen and oxygen atoms in total. The molecule has 4 aromatic rings. The predicted octanol–water partition coefficient (Wildman–Crippen LogP) is 4.61. The van der Waals surface area contributed by atoms with Crippen LogP contribution >= 0.6 is 0 Å². The van der Waals surface area contributed by atoms with Crippen LogP contribution in [0.4, 0.5) is 24.5 Å². The van der Waals surface area contributed by atoms with Gasteiger partial charge in [-0.1, -0.05) is 11.3 Å². The molecule has 194 valence electrons. The van der Waals surface area contributed by atoms with Gasteiger partial charge in [-0.3, -0.25) is 9.48 Å². The van der Waals surface area contributed by atoms with Crippen LogP contribution in [-0.2, 0) is 18.0 Å². The topological polar surface area (TPSA) is 98.9 Å². The SMILES string of the molecule is COCCNc1ccc(C(F)(F)F)cc1NC(=O)c1ccc(C)c(-n2cc(-c3cnn(C)c3C)nn2)c1. The molecular weight excluding hydrogens is 487 g/mol. The van der Waals surface area contributed by atoms with Gasteiger partial charge in [0.1, 0.15) is 5.69 Å². The van der Waals surface area contributed by atoms with Gasteiger partial charge in [-0.15, -0.1) is 5.10 Å². The fraction of sp³-hybridized carbons (Fsp3) is 0.280. The second-order valence-corrected chi connectivity index (χ2v) is 8.45. The lowest BCUT2D eigenvalue weighted by atomic mass is 10.1. The number of hydrogen-bond acceptors (Lipinski definition) is 6. The number of aromatic nitrogens is 5. The van der Waals surface area contributed by atoms with E-state index in [1.807, 2.05) is 20.9 Å². The zero-order chi connectivity index (χ0) is 26.7. The molecular formula is C25H26F3N7O2. The van der Waals surface area contributed by atoms with Crippen LogP contribution in [-0.4, -0.2) is 50.9 Å². The molecule has 4 rings (SSSR count). The van der Waals surface area contributed by atoms with Crippen LogP contribution in [0.25, 0.3) is 16.9 Å². The number of ether oxygens (including phenoxy) is 1. The molecule has 0 saturated carbocycles. The predicted molar refractivity (Wildman–Crippen MR) is 133 cm³/mol. The summed E-state index contributed by atoms with van der Waals surface area (Å²) in [6.45, 7) is 4.47. The maximum absolute atomic E-state index is 13.3. The van der Waals surface area contributed by atoms with E-state index < -0.39 is 17.6 Å². The first-order chi connectivity index (χ1) is 17.6. The Morgan fingerprint density at radius 2 is 1.89 bits per heavy atom. The molecule has 0 radical (unpaired) electrons. The molecule has 2 aromatic carbocycles. The van der Waals surface area contributed by atoms with Gasteiger partial charge in [0.25, 0.3) is 5.91 Å². The van der Waals surface area contributed by atoms with Gasteiger partial charge < -0.3 is 15.4 Å². The number of amides is 1. The fourth-order valence-electron chi connectivity index (χ4n) is 3.71. The highest BCUT2D eigenvalue weighted by Gasteiger charge is 2.31. The van der Waals surface area contributed by atoms with Crippen LogP contribution in [0, 0.1) is 13.8 Å². The molecule has 2 N–H and O–H groups in total. The number of nitrogens with zero attached hydrogens (tertiary/aromatic N) is 5. The average molecular weight is 514 g/mol. The monoisotopic (exact) mass is 513 g/mol. The van der Waals surface area contributed by atoms with Crippen molar-refractivity contribution >= 4 is 17.3 Å². The first kappa shape index (κ1) is 25.9. The summed E-state index contributed by atoms with van der Waals surface area (Å²) in [5.41, 5.74) is 3.54. The number of hydrogen-bond donors (Lipinski definition) is 2. The van der Waals surface area contributed by atoms with Crippen molar-refractivity contribution in [2.45, 2.75) is 20.0 Å². The summed E-state index contributed by atoms with van der Waals surface area (Å²) in [5, 5.41) is 18.3. The third kappa shape index (κ3) is 5.64. The lowest BCUT2D eigenvalue weighted by Gasteiger charge is -2.16. The standard InChI is InChI=1S/C25H26F3N7O2/c1-15-5-6-17(11-23(15)35-14-22(32-33-35)19-13-30-34(3)16(19)2)24(36)31-21-12-18(25(26,27)28)7-8-20(21)29-9-10-37-4/h5-8,11-14,29H,9-10H2,1-4H3,(H,31,36). The van der Waals surface area contributed by atoms with Crippen LogP contribution in [0.1, 0.15) is 27.2 Å². The quantitative estimate of drug-likeness (QED) is 0.334. The van der Waals surface area contributed by atoms with E-state index in [-0.39, 0.29) is 11.3 Å². The van der Waals surface area contributed by atoms with E-state index in [1.54, 1.807) is 40.0 Å². The molecule has 0 spiro atoms. The van der Waals surface area contributed by atoms with E-state index in [0.29, 0.717) is 30.2 Å². The van der Waals surface area contributed by atoms with Crippen LogP contribution in [0.3, 0.4) is 0 Å². The molecule has 0 aliphatic carbocycles. The number of nitrogens with one attached hydrogen (secondary N) is 2. The highest BCUT2D eigenvalue weighted by atomic mass is 19.4. The summed E-state index contributed by atoms with van der Waals surface area (Å²) < 4.78 is 48.3. The molecule has 12 heteroatoms. The number of halogens is 3.